The minimum atomic E-state index is 0.0172. The van der Waals surface area contributed by atoms with Crippen LogP contribution < -0.4 is 10.2 Å². The summed E-state index contributed by atoms with van der Waals surface area (Å²) < 4.78 is 6.27. The van der Waals surface area contributed by atoms with Crippen molar-refractivity contribution < 1.29 is 9.84 Å². The highest BCUT2D eigenvalue weighted by atomic mass is 127. The second-order valence-electron chi connectivity index (χ2n) is 4.69. The summed E-state index contributed by atoms with van der Waals surface area (Å²) >= 11 is 3.77. The Morgan fingerprint density at radius 3 is 2.82 bits per heavy atom. The fourth-order valence-electron chi connectivity index (χ4n) is 2.15. The molecule has 3 rings (SSSR count). The van der Waals surface area contributed by atoms with Crippen molar-refractivity contribution in [1.29, 1.82) is 0 Å². The Hall–Kier alpha value is -1.41. The van der Waals surface area contributed by atoms with Gasteiger partial charge in [-0.3, -0.25) is 5.43 Å². The highest BCUT2D eigenvalue weighted by Crippen LogP contribution is 2.40. The van der Waals surface area contributed by atoms with Crippen molar-refractivity contribution in [3.63, 3.8) is 0 Å². The van der Waals surface area contributed by atoms with Crippen LogP contribution in [0.5, 0.6) is 11.5 Å². The zero-order valence-corrected chi connectivity index (χ0v) is 14.9. The highest BCUT2D eigenvalue weighted by molar-refractivity contribution is 14.1. The average Bonchev–Trinajstić information content (AvgIpc) is 3.02. The Balaban J connectivity index is 1.82. The molecule has 1 aliphatic heterocycles. The van der Waals surface area contributed by atoms with Gasteiger partial charge >= 0.3 is 0 Å². The van der Waals surface area contributed by atoms with Gasteiger partial charge in [-0.05, 0) is 47.2 Å². The molecule has 0 spiro atoms. The van der Waals surface area contributed by atoms with Gasteiger partial charge in [-0.15, -0.1) is 0 Å². The first kappa shape index (κ1) is 15.5. The van der Waals surface area contributed by atoms with Gasteiger partial charge in [0.25, 0.3) is 0 Å². The maximum absolute atomic E-state index is 10.0. The van der Waals surface area contributed by atoms with Crippen molar-refractivity contribution >= 4 is 39.4 Å². The van der Waals surface area contributed by atoms with Crippen LogP contribution in [-0.2, 0) is 0 Å². The normalized spacial score (nSPS) is 17.0. The van der Waals surface area contributed by atoms with E-state index in [1.54, 1.807) is 11.8 Å². The van der Waals surface area contributed by atoms with Crippen LogP contribution >= 0.6 is 34.4 Å². The molecular formula is C16H15IN2O2S. The topological polar surface area (TPSA) is 53.8 Å². The molecule has 4 nitrogen and oxygen atoms in total. The lowest BCUT2D eigenvalue weighted by Crippen LogP contribution is -2.07. The molecule has 0 saturated heterocycles. The van der Waals surface area contributed by atoms with Crippen molar-refractivity contribution in [3.8, 4) is 11.5 Å². The number of hydrazone groups is 1. The Morgan fingerprint density at radius 2 is 2.09 bits per heavy atom. The van der Waals surface area contributed by atoms with Gasteiger partial charge in [-0.2, -0.15) is 5.10 Å². The largest absolute Gasteiger partial charge is 0.504 e. The van der Waals surface area contributed by atoms with E-state index in [0.717, 1.165) is 19.7 Å². The van der Waals surface area contributed by atoms with E-state index in [9.17, 15) is 5.11 Å². The minimum Gasteiger partial charge on any atom is -0.504 e. The number of hydrogen-bond donors (Lipinski definition) is 2. The maximum Gasteiger partial charge on any atom is 0.171 e. The third-order valence-corrected chi connectivity index (χ3v) is 5.17. The number of halogens is 1. The third kappa shape index (κ3) is 3.17. The zero-order chi connectivity index (χ0) is 15.5. The standard InChI is InChI=1S/C16H15IN2O2S/c1-2-21-13-9-11(8-12(17)14(13)20)16-19-18-15(22-16)10-6-4-3-5-7-10/h3-9,16,19-20H,2H2,1H3/t16-/m1/s1. The van der Waals surface area contributed by atoms with Crippen molar-refractivity contribution in [3.05, 3.63) is 57.2 Å². The molecule has 1 atom stereocenters. The van der Waals surface area contributed by atoms with Gasteiger partial charge in [0.2, 0.25) is 0 Å². The molecule has 0 saturated carbocycles. The second kappa shape index (κ2) is 6.78. The van der Waals surface area contributed by atoms with Crippen molar-refractivity contribution in [2.24, 2.45) is 5.10 Å². The summed E-state index contributed by atoms with van der Waals surface area (Å²) in [4.78, 5) is 0. The summed E-state index contributed by atoms with van der Waals surface area (Å²) in [6.07, 6.45) is 0. The van der Waals surface area contributed by atoms with Gasteiger partial charge in [0, 0.05) is 5.56 Å². The first-order chi connectivity index (χ1) is 10.7. The van der Waals surface area contributed by atoms with E-state index in [0.29, 0.717) is 12.4 Å². The molecule has 2 N–H and O–H groups in total. The first-order valence-electron chi connectivity index (χ1n) is 6.89. The van der Waals surface area contributed by atoms with Gasteiger partial charge in [0.05, 0.1) is 10.2 Å². The molecule has 1 heterocycles. The average molecular weight is 426 g/mol. The smallest absolute Gasteiger partial charge is 0.171 e. The molecule has 0 fully saturated rings. The van der Waals surface area contributed by atoms with Crippen LogP contribution in [0.2, 0.25) is 0 Å². The van der Waals surface area contributed by atoms with E-state index in [4.69, 9.17) is 4.74 Å². The molecule has 0 bridgehead atoms. The molecule has 22 heavy (non-hydrogen) atoms. The van der Waals surface area contributed by atoms with E-state index >= 15 is 0 Å². The number of phenols is 1. The third-order valence-electron chi connectivity index (χ3n) is 3.19. The maximum atomic E-state index is 10.0. The second-order valence-corrected chi connectivity index (χ2v) is 6.95. The molecule has 0 aliphatic carbocycles. The number of nitrogens with one attached hydrogen (secondary N) is 1. The lowest BCUT2D eigenvalue weighted by molar-refractivity contribution is 0.316. The van der Waals surface area contributed by atoms with Crippen LogP contribution in [0.4, 0.5) is 0 Å². The number of hydrogen-bond acceptors (Lipinski definition) is 5. The number of ether oxygens (including phenoxy) is 1. The van der Waals surface area contributed by atoms with Gasteiger partial charge < -0.3 is 9.84 Å². The Labute approximate surface area is 147 Å². The zero-order valence-electron chi connectivity index (χ0n) is 11.9. The number of thioether (sulfide) groups is 1. The number of phenolic OH excluding ortho intramolecular Hbond substituents is 1. The van der Waals surface area contributed by atoms with Gasteiger partial charge in [-0.1, -0.05) is 42.1 Å². The Kier molecular flexibility index (Phi) is 4.77. The van der Waals surface area contributed by atoms with Crippen LogP contribution in [-0.4, -0.2) is 16.8 Å². The molecule has 0 unspecified atom stereocenters. The van der Waals surface area contributed by atoms with Gasteiger partial charge in [0.1, 0.15) is 10.4 Å². The quantitative estimate of drug-likeness (QED) is 0.724. The van der Waals surface area contributed by atoms with Crippen molar-refractivity contribution in [1.82, 2.24) is 5.43 Å². The molecule has 1 aliphatic rings. The summed E-state index contributed by atoms with van der Waals surface area (Å²) in [5.74, 6) is 0.707. The first-order valence-corrected chi connectivity index (χ1v) is 8.85. The molecular weight excluding hydrogens is 411 g/mol. The van der Waals surface area contributed by atoms with E-state index in [1.807, 2.05) is 49.4 Å². The predicted octanol–water partition coefficient (Wildman–Crippen LogP) is 4.09. The van der Waals surface area contributed by atoms with Crippen LogP contribution in [0, 0.1) is 3.57 Å². The lowest BCUT2D eigenvalue weighted by atomic mass is 10.2. The van der Waals surface area contributed by atoms with Crippen molar-refractivity contribution in [2.45, 2.75) is 12.3 Å². The SMILES string of the molecule is CCOc1cc([C@@H]2NN=C(c3ccccc3)S2)cc(I)c1O. The molecule has 2 aromatic carbocycles. The van der Waals surface area contributed by atoms with Gasteiger partial charge in [-0.25, -0.2) is 0 Å². The molecule has 114 valence electrons. The molecule has 0 amide bonds. The van der Waals surface area contributed by atoms with Crippen LogP contribution in [0.1, 0.15) is 23.4 Å². The molecule has 2 aromatic rings. The summed E-state index contributed by atoms with van der Waals surface area (Å²) in [5.41, 5.74) is 5.28. The summed E-state index contributed by atoms with van der Waals surface area (Å²) in [6.45, 7) is 2.42. The number of nitrogens with zero attached hydrogens (tertiary/aromatic N) is 1. The summed E-state index contributed by atoms with van der Waals surface area (Å²) in [7, 11) is 0. The number of benzene rings is 2. The van der Waals surface area contributed by atoms with E-state index in [2.05, 4.69) is 33.1 Å². The van der Waals surface area contributed by atoms with E-state index < -0.39 is 0 Å². The monoisotopic (exact) mass is 426 g/mol. The summed E-state index contributed by atoms with van der Waals surface area (Å²) in [6, 6.07) is 13.9. The van der Waals surface area contributed by atoms with Crippen molar-refractivity contribution in [2.75, 3.05) is 6.61 Å². The van der Waals surface area contributed by atoms with Crippen LogP contribution in [0.3, 0.4) is 0 Å². The highest BCUT2D eigenvalue weighted by Gasteiger charge is 2.24. The number of aromatic hydroxyl groups is 1. The lowest BCUT2D eigenvalue weighted by Gasteiger charge is -2.14. The minimum absolute atomic E-state index is 0.0172. The van der Waals surface area contributed by atoms with Gasteiger partial charge in [0.15, 0.2) is 11.5 Å². The molecule has 0 aromatic heterocycles. The molecule has 6 heteroatoms. The Morgan fingerprint density at radius 1 is 1.32 bits per heavy atom. The van der Waals surface area contributed by atoms with E-state index in [-0.39, 0.29) is 11.1 Å². The molecule has 0 radical (unpaired) electrons. The predicted molar refractivity (Wildman–Crippen MR) is 98.4 cm³/mol. The Bertz CT molecular complexity index is 707. The van der Waals surface area contributed by atoms with Crippen LogP contribution in [0.25, 0.3) is 0 Å². The fraction of sp³-hybridized carbons (Fsp3) is 0.188. The van der Waals surface area contributed by atoms with E-state index in [1.165, 1.54) is 0 Å². The van der Waals surface area contributed by atoms with Crippen LogP contribution in [0.15, 0.2) is 47.6 Å². The number of rotatable bonds is 4. The summed E-state index contributed by atoms with van der Waals surface area (Å²) in [5, 5.41) is 15.4. The fourth-order valence-corrected chi connectivity index (χ4v) is 3.75.